The lowest BCUT2D eigenvalue weighted by Gasteiger charge is -2.41. The molecule has 0 unspecified atom stereocenters. The fourth-order valence-electron chi connectivity index (χ4n) is 3.96. The van der Waals surface area contributed by atoms with Crippen LogP contribution in [0.4, 0.5) is 4.79 Å². The molecule has 0 bridgehead atoms. The number of hydrogen-bond donors (Lipinski definition) is 1. The Morgan fingerprint density at radius 3 is 2.69 bits per heavy atom. The Labute approximate surface area is 153 Å². The Morgan fingerprint density at radius 1 is 1.35 bits per heavy atom. The van der Waals surface area contributed by atoms with Crippen LogP contribution in [-0.4, -0.2) is 35.8 Å². The van der Waals surface area contributed by atoms with Gasteiger partial charge in [-0.2, -0.15) is 5.16 Å². The maximum atomic E-state index is 12.3. The number of nitrogens with zero attached hydrogens (tertiary/aromatic N) is 1. The van der Waals surface area contributed by atoms with Crippen molar-refractivity contribution in [1.29, 1.82) is 0 Å². The Bertz CT molecular complexity index is 793. The average molecular weight is 358 g/mol. The van der Waals surface area contributed by atoms with E-state index in [-0.39, 0.29) is 29.0 Å². The Kier molecular flexibility index (Phi) is 5.20. The lowest BCUT2D eigenvalue weighted by atomic mass is 9.75. The molecule has 1 N–H and O–H groups in total. The zero-order valence-corrected chi connectivity index (χ0v) is 15.5. The second-order valence-corrected chi connectivity index (χ2v) is 7.61. The van der Waals surface area contributed by atoms with Crippen molar-refractivity contribution in [2.45, 2.75) is 50.5 Å². The summed E-state index contributed by atoms with van der Waals surface area (Å²) in [6.45, 7) is 4.97. The summed E-state index contributed by atoms with van der Waals surface area (Å²) in [4.78, 5) is 25.5. The number of amides is 1. The Balaban J connectivity index is 1.83. The number of nitrogens with one attached hydrogen (secondary N) is 1. The second kappa shape index (κ2) is 7.40. The zero-order valence-electron chi connectivity index (χ0n) is 15.5. The third kappa shape index (κ3) is 3.84. The van der Waals surface area contributed by atoms with Crippen molar-refractivity contribution in [3.63, 3.8) is 0 Å². The van der Waals surface area contributed by atoms with Crippen molar-refractivity contribution < 1.29 is 14.1 Å². The van der Waals surface area contributed by atoms with Crippen molar-refractivity contribution in [1.82, 2.24) is 10.1 Å². The van der Waals surface area contributed by atoms with Crippen molar-refractivity contribution in [2.24, 2.45) is 0 Å². The normalized spacial score (nSPS) is 20.8. The van der Waals surface area contributed by atoms with Gasteiger partial charge in [-0.15, -0.1) is 0 Å². The molecule has 0 saturated carbocycles. The van der Waals surface area contributed by atoms with Crippen LogP contribution < -0.4 is 5.56 Å². The fraction of sp³-hybridized carbons (Fsp3) is 0.500. The molecule has 6 nitrogen and oxygen atoms in total. The summed E-state index contributed by atoms with van der Waals surface area (Å²) in [6, 6.07) is 11.8. The average Bonchev–Trinajstić information content (AvgIpc) is 3.08. The SMILES string of the molecule is COC(=O)N1CC[C@@H](c2cc(=O)[nH]o2)C[C@H]1CC(C)(C)c1ccccc1. The molecule has 2 heterocycles. The highest BCUT2D eigenvalue weighted by Gasteiger charge is 2.37. The van der Waals surface area contributed by atoms with Gasteiger partial charge in [0.25, 0.3) is 5.56 Å². The molecule has 0 radical (unpaired) electrons. The molecule has 6 heteroatoms. The third-order valence-corrected chi connectivity index (χ3v) is 5.37. The van der Waals surface area contributed by atoms with Gasteiger partial charge < -0.3 is 14.2 Å². The predicted molar refractivity (Wildman–Crippen MR) is 98.3 cm³/mol. The molecule has 1 saturated heterocycles. The van der Waals surface area contributed by atoms with Crippen molar-refractivity contribution >= 4 is 6.09 Å². The van der Waals surface area contributed by atoms with Crippen LogP contribution in [0.3, 0.4) is 0 Å². The number of carbonyl (C=O) groups excluding carboxylic acids is 1. The van der Waals surface area contributed by atoms with Gasteiger partial charge in [0, 0.05) is 24.6 Å². The predicted octanol–water partition coefficient (Wildman–Crippen LogP) is 3.65. The van der Waals surface area contributed by atoms with E-state index in [4.69, 9.17) is 9.26 Å². The van der Waals surface area contributed by atoms with Crippen molar-refractivity contribution in [3.8, 4) is 0 Å². The summed E-state index contributed by atoms with van der Waals surface area (Å²) in [7, 11) is 1.42. The smallest absolute Gasteiger partial charge is 0.409 e. The topological polar surface area (TPSA) is 75.5 Å². The van der Waals surface area contributed by atoms with Crippen LogP contribution in [0, 0.1) is 0 Å². The highest BCUT2D eigenvalue weighted by Crippen LogP contribution is 2.38. The lowest BCUT2D eigenvalue weighted by molar-refractivity contribution is 0.0720. The van der Waals surface area contributed by atoms with Gasteiger partial charge in [0.1, 0.15) is 5.76 Å². The van der Waals surface area contributed by atoms with Crippen molar-refractivity contribution in [2.75, 3.05) is 13.7 Å². The van der Waals surface area contributed by atoms with Crippen LogP contribution in [0.25, 0.3) is 0 Å². The molecular formula is C20H26N2O4. The number of likely N-dealkylation sites (tertiary alicyclic amines) is 1. The minimum Gasteiger partial charge on any atom is -0.453 e. The van der Waals surface area contributed by atoms with E-state index in [0.717, 1.165) is 19.3 Å². The minimum atomic E-state index is -0.298. The van der Waals surface area contributed by atoms with E-state index >= 15 is 0 Å². The van der Waals surface area contributed by atoms with E-state index in [1.807, 2.05) is 23.1 Å². The monoisotopic (exact) mass is 358 g/mol. The number of ether oxygens (including phenoxy) is 1. The van der Waals surface area contributed by atoms with E-state index in [1.54, 1.807) is 0 Å². The van der Waals surface area contributed by atoms with Gasteiger partial charge in [-0.1, -0.05) is 44.2 Å². The number of hydrogen-bond acceptors (Lipinski definition) is 4. The van der Waals surface area contributed by atoms with Crippen LogP contribution in [0.2, 0.25) is 0 Å². The molecule has 140 valence electrons. The van der Waals surface area contributed by atoms with Crippen LogP contribution in [0.5, 0.6) is 0 Å². The molecule has 1 aromatic carbocycles. The number of aromatic amines is 1. The van der Waals surface area contributed by atoms with E-state index in [0.29, 0.717) is 12.3 Å². The Morgan fingerprint density at radius 2 is 2.08 bits per heavy atom. The molecule has 0 spiro atoms. The summed E-state index contributed by atoms with van der Waals surface area (Å²) in [6.07, 6.45) is 1.99. The molecule has 26 heavy (non-hydrogen) atoms. The standard InChI is InChI=1S/C20H26N2O4/c1-20(2,15-7-5-4-6-8-15)13-16-11-14(17-12-18(23)21-26-17)9-10-22(16)19(24)25-3/h4-8,12,14,16H,9-11,13H2,1-3H3,(H,21,23)/t14-,16+/m1/s1. The number of H-pyrrole nitrogens is 1. The van der Waals surface area contributed by atoms with Gasteiger partial charge in [-0.05, 0) is 30.2 Å². The number of aromatic nitrogens is 1. The first-order valence-corrected chi connectivity index (χ1v) is 8.99. The van der Waals surface area contributed by atoms with Gasteiger partial charge in [0.2, 0.25) is 0 Å². The maximum absolute atomic E-state index is 12.3. The van der Waals surface area contributed by atoms with Crippen LogP contribution in [-0.2, 0) is 10.2 Å². The first-order chi connectivity index (χ1) is 12.4. The van der Waals surface area contributed by atoms with E-state index in [2.05, 4.69) is 31.1 Å². The quantitative estimate of drug-likeness (QED) is 0.905. The van der Waals surface area contributed by atoms with Gasteiger partial charge in [-0.3, -0.25) is 4.79 Å². The van der Waals surface area contributed by atoms with Crippen LogP contribution in [0.1, 0.15) is 50.4 Å². The summed E-state index contributed by atoms with van der Waals surface area (Å²) in [5.74, 6) is 0.786. The molecule has 1 aliphatic rings. The molecule has 2 aromatic rings. The fourth-order valence-corrected chi connectivity index (χ4v) is 3.96. The van der Waals surface area contributed by atoms with Crippen molar-refractivity contribution in [3.05, 3.63) is 58.1 Å². The maximum Gasteiger partial charge on any atom is 0.409 e. The molecule has 1 aromatic heterocycles. The minimum absolute atomic E-state index is 0.0107. The van der Waals surface area contributed by atoms with Gasteiger partial charge >= 0.3 is 6.09 Å². The molecule has 2 atom stereocenters. The summed E-state index contributed by atoms with van der Waals surface area (Å²) >= 11 is 0. The highest BCUT2D eigenvalue weighted by molar-refractivity contribution is 5.68. The van der Waals surface area contributed by atoms with Crippen LogP contribution >= 0.6 is 0 Å². The number of rotatable bonds is 4. The first kappa shape index (κ1) is 18.3. The first-order valence-electron chi connectivity index (χ1n) is 8.99. The molecular weight excluding hydrogens is 332 g/mol. The number of piperidine rings is 1. The van der Waals surface area contributed by atoms with E-state index in [9.17, 15) is 9.59 Å². The van der Waals surface area contributed by atoms with E-state index < -0.39 is 0 Å². The number of benzene rings is 1. The second-order valence-electron chi connectivity index (χ2n) is 7.61. The zero-order chi connectivity index (χ0) is 18.7. The van der Waals surface area contributed by atoms with E-state index in [1.165, 1.54) is 18.7 Å². The highest BCUT2D eigenvalue weighted by atomic mass is 16.5. The summed E-state index contributed by atoms with van der Waals surface area (Å²) in [5.41, 5.74) is 0.913. The molecule has 0 aliphatic carbocycles. The third-order valence-electron chi connectivity index (χ3n) is 5.37. The number of carbonyl (C=O) groups is 1. The number of methoxy groups -OCH3 is 1. The van der Waals surface area contributed by atoms with Gasteiger partial charge in [0.15, 0.2) is 0 Å². The summed E-state index contributed by atoms with van der Waals surface area (Å²) < 4.78 is 10.3. The van der Waals surface area contributed by atoms with Gasteiger partial charge in [0.05, 0.1) is 7.11 Å². The Hall–Kier alpha value is -2.50. The van der Waals surface area contributed by atoms with Gasteiger partial charge in [-0.25, -0.2) is 4.79 Å². The molecule has 1 amide bonds. The molecule has 1 fully saturated rings. The summed E-state index contributed by atoms with van der Waals surface area (Å²) in [5, 5.41) is 2.36. The van der Waals surface area contributed by atoms with Crippen LogP contribution in [0.15, 0.2) is 45.7 Å². The lowest BCUT2D eigenvalue weighted by Crippen LogP contribution is -2.48. The molecule has 1 aliphatic heterocycles. The largest absolute Gasteiger partial charge is 0.453 e. The molecule has 3 rings (SSSR count).